The molecule has 2 heteroatoms. The molecule has 96 valence electrons. The summed E-state index contributed by atoms with van der Waals surface area (Å²) in [5, 5.41) is 3.42. The number of hydrogen-bond donors (Lipinski definition) is 1. The molecule has 0 aliphatic carbocycles. The van der Waals surface area contributed by atoms with E-state index in [-0.39, 0.29) is 5.54 Å². The van der Waals surface area contributed by atoms with Crippen molar-refractivity contribution in [2.45, 2.75) is 18.9 Å². The lowest BCUT2D eigenvalue weighted by Crippen LogP contribution is -2.35. The molecular weight excluding hydrogens is 250 g/mol. The number of rotatable bonds is 3. The van der Waals surface area contributed by atoms with Crippen molar-refractivity contribution in [2.75, 3.05) is 0 Å². The Hall–Kier alpha value is -1.64. The highest BCUT2D eigenvalue weighted by atomic mass is 32.1. The summed E-state index contributed by atoms with van der Waals surface area (Å²) in [5.74, 6) is 0. The van der Waals surface area contributed by atoms with Crippen LogP contribution in [0.25, 0.3) is 10.1 Å². The molecule has 1 aromatic heterocycles. The first-order chi connectivity index (χ1) is 9.17. The maximum Gasteiger partial charge on any atom is 0.0436 e. The fraction of sp³-hybridized carbons (Fsp3) is 0.176. The van der Waals surface area contributed by atoms with Crippen LogP contribution >= 0.6 is 11.3 Å². The second-order valence-corrected chi connectivity index (χ2v) is 6.14. The molecule has 3 aromatic rings. The Morgan fingerprint density at radius 1 is 1.00 bits per heavy atom. The predicted molar refractivity (Wildman–Crippen MR) is 83.5 cm³/mol. The number of hydrogen-bond acceptors (Lipinski definition) is 2. The van der Waals surface area contributed by atoms with Gasteiger partial charge in [0.15, 0.2) is 0 Å². The lowest BCUT2D eigenvalue weighted by Gasteiger charge is -2.26. The van der Waals surface area contributed by atoms with Crippen molar-refractivity contribution in [2.24, 2.45) is 5.73 Å². The van der Waals surface area contributed by atoms with Crippen LogP contribution in [-0.4, -0.2) is 0 Å². The molecule has 0 saturated heterocycles. The molecule has 0 bridgehead atoms. The van der Waals surface area contributed by atoms with Crippen molar-refractivity contribution in [1.82, 2.24) is 0 Å². The van der Waals surface area contributed by atoms with Crippen LogP contribution in [0.3, 0.4) is 0 Å². The summed E-state index contributed by atoms with van der Waals surface area (Å²) in [6.45, 7) is 2.12. The minimum absolute atomic E-state index is 0.342. The van der Waals surface area contributed by atoms with Gasteiger partial charge in [0.2, 0.25) is 0 Å². The SMILES string of the molecule is CC(N)(Cc1ccccc1)c1cccc2ccsc12. The zero-order chi connectivity index (χ0) is 13.3. The molecule has 0 spiro atoms. The fourth-order valence-corrected chi connectivity index (χ4v) is 3.61. The predicted octanol–water partition coefficient (Wildman–Crippen LogP) is 4.32. The fourth-order valence-electron chi connectivity index (χ4n) is 2.56. The van der Waals surface area contributed by atoms with Crippen LogP contribution in [0.4, 0.5) is 0 Å². The molecule has 0 fully saturated rings. The maximum absolute atomic E-state index is 6.60. The van der Waals surface area contributed by atoms with Crippen LogP contribution in [0.5, 0.6) is 0 Å². The van der Waals surface area contributed by atoms with Crippen molar-refractivity contribution in [3.8, 4) is 0 Å². The molecule has 2 N–H and O–H groups in total. The Labute approximate surface area is 117 Å². The third-order valence-electron chi connectivity index (χ3n) is 3.51. The van der Waals surface area contributed by atoms with E-state index in [9.17, 15) is 0 Å². The smallest absolute Gasteiger partial charge is 0.0436 e. The van der Waals surface area contributed by atoms with E-state index in [4.69, 9.17) is 5.73 Å². The summed E-state index contributed by atoms with van der Waals surface area (Å²) < 4.78 is 1.31. The monoisotopic (exact) mass is 267 g/mol. The van der Waals surface area contributed by atoms with E-state index in [1.54, 1.807) is 11.3 Å². The molecule has 3 rings (SSSR count). The second-order valence-electron chi connectivity index (χ2n) is 5.22. The van der Waals surface area contributed by atoms with Gasteiger partial charge in [0.1, 0.15) is 0 Å². The van der Waals surface area contributed by atoms with Gasteiger partial charge in [-0.1, -0.05) is 48.5 Å². The van der Waals surface area contributed by atoms with Gasteiger partial charge in [-0.3, -0.25) is 0 Å². The topological polar surface area (TPSA) is 26.0 Å². The van der Waals surface area contributed by atoms with Gasteiger partial charge in [-0.2, -0.15) is 0 Å². The van der Waals surface area contributed by atoms with E-state index < -0.39 is 0 Å². The molecule has 0 aliphatic heterocycles. The van der Waals surface area contributed by atoms with Crippen LogP contribution in [0.15, 0.2) is 60.0 Å². The highest BCUT2D eigenvalue weighted by Crippen LogP contribution is 2.32. The van der Waals surface area contributed by atoms with Crippen molar-refractivity contribution in [3.63, 3.8) is 0 Å². The zero-order valence-corrected chi connectivity index (χ0v) is 11.8. The number of nitrogens with two attached hydrogens (primary N) is 1. The third-order valence-corrected chi connectivity index (χ3v) is 4.47. The van der Waals surface area contributed by atoms with E-state index in [1.165, 1.54) is 21.2 Å². The van der Waals surface area contributed by atoms with Gasteiger partial charge in [0, 0.05) is 10.2 Å². The summed E-state index contributed by atoms with van der Waals surface area (Å²) in [6.07, 6.45) is 0.852. The number of fused-ring (bicyclic) bond motifs is 1. The van der Waals surface area contributed by atoms with Gasteiger partial charge >= 0.3 is 0 Å². The molecule has 0 aliphatic rings. The van der Waals surface area contributed by atoms with Crippen LogP contribution in [-0.2, 0) is 12.0 Å². The minimum Gasteiger partial charge on any atom is -0.321 e. The van der Waals surface area contributed by atoms with E-state index in [0.29, 0.717) is 0 Å². The largest absolute Gasteiger partial charge is 0.321 e. The van der Waals surface area contributed by atoms with E-state index in [2.05, 4.69) is 60.8 Å². The summed E-state index contributed by atoms with van der Waals surface area (Å²) in [6, 6.07) is 19.0. The molecule has 1 unspecified atom stereocenters. The van der Waals surface area contributed by atoms with Gasteiger partial charge in [-0.25, -0.2) is 0 Å². The van der Waals surface area contributed by atoms with Crippen molar-refractivity contribution in [3.05, 3.63) is 71.1 Å². The quantitative estimate of drug-likeness (QED) is 0.751. The van der Waals surface area contributed by atoms with Crippen molar-refractivity contribution < 1.29 is 0 Å². The highest BCUT2D eigenvalue weighted by Gasteiger charge is 2.24. The average Bonchev–Trinajstić information content (AvgIpc) is 2.87. The highest BCUT2D eigenvalue weighted by molar-refractivity contribution is 7.17. The first kappa shape index (κ1) is 12.4. The Kier molecular flexibility index (Phi) is 3.13. The Bertz CT molecular complexity index is 683. The Morgan fingerprint density at radius 3 is 2.58 bits per heavy atom. The minimum atomic E-state index is -0.342. The first-order valence-electron chi connectivity index (χ1n) is 6.46. The molecule has 0 amide bonds. The Balaban J connectivity index is 2.02. The molecule has 1 heterocycles. The molecule has 1 nitrogen and oxygen atoms in total. The molecule has 0 radical (unpaired) electrons. The lowest BCUT2D eigenvalue weighted by atomic mass is 9.86. The maximum atomic E-state index is 6.60. The standard InChI is InChI=1S/C17H17NS/c1-17(18,12-13-6-3-2-4-7-13)15-9-5-8-14-10-11-19-16(14)15/h2-11H,12,18H2,1H3. The normalized spacial score (nSPS) is 14.4. The van der Waals surface area contributed by atoms with E-state index in [0.717, 1.165) is 6.42 Å². The van der Waals surface area contributed by atoms with Gasteiger partial charge < -0.3 is 5.73 Å². The van der Waals surface area contributed by atoms with Gasteiger partial charge in [0.25, 0.3) is 0 Å². The second kappa shape index (κ2) is 4.80. The summed E-state index contributed by atoms with van der Waals surface area (Å²) in [4.78, 5) is 0. The zero-order valence-electron chi connectivity index (χ0n) is 11.0. The van der Waals surface area contributed by atoms with Gasteiger partial charge in [0.05, 0.1) is 0 Å². The lowest BCUT2D eigenvalue weighted by molar-refractivity contribution is 0.496. The summed E-state index contributed by atoms with van der Waals surface area (Å²) in [7, 11) is 0. The number of thiophene rings is 1. The van der Waals surface area contributed by atoms with Crippen molar-refractivity contribution in [1.29, 1.82) is 0 Å². The van der Waals surface area contributed by atoms with E-state index >= 15 is 0 Å². The average molecular weight is 267 g/mol. The number of benzene rings is 2. The van der Waals surface area contributed by atoms with Crippen LogP contribution in [0.1, 0.15) is 18.1 Å². The first-order valence-corrected chi connectivity index (χ1v) is 7.34. The summed E-state index contributed by atoms with van der Waals surface area (Å²) >= 11 is 1.77. The molecule has 1 atom stereocenters. The van der Waals surface area contributed by atoms with Crippen LogP contribution in [0.2, 0.25) is 0 Å². The third kappa shape index (κ3) is 2.42. The Morgan fingerprint density at radius 2 is 1.79 bits per heavy atom. The summed E-state index contributed by atoms with van der Waals surface area (Å²) in [5.41, 5.74) is 8.78. The van der Waals surface area contributed by atoms with Gasteiger partial charge in [-0.05, 0) is 41.3 Å². The molecule has 19 heavy (non-hydrogen) atoms. The molecule has 0 saturated carbocycles. The van der Waals surface area contributed by atoms with Gasteiger partial charge in [-0.15, -0.1) is 11.3 Å². The molecule has 2 aromatic carbocycles. The van der Waals surface area contributed by atoms with Crippen LogP contribution < -0.4 is 5.73 Å². The molecular formula is C17H17NS. The van der Waals surface area contributed by atoms with E-state index in [1.807, 2.05) is 6.07 Å². The van der Waals surface area contributed by atoms with Crippen molar-refractivity contribution >= 4 is 21.4 Å². The van der Waals surface area contributed by atoms with Crippen LogP contribution in [0, 0.1) is 0 Å².